The Morgan fingerprint density at radius 2 is 1.14 bits per heavy atom. The van der Waals surface area contributed by atoms with E-state index in [2.05, 4.69) is 37.2 Å². The number of hydrogen-bond donors (Lipinski definition) is 13. The molecule has 35 heteroatoms. The summed E-state index contributed by atoms with van der Waals surface area (Å²) in [7, 11) is 5.66. The number of primary amides is 1. The second-order valence-electron chi connectivity index (χ2n) is 25.0. The molecule has 29 nitrogen and oxygen atoms in total. The van der Waals surface area contributed by atoms with Gasteiger partial charge >= 0.3 is 5.97 Å². The van der Waals surface area contributed by atoms with Gasteiger partial charge in [-0.05, 0) is 87.3 Å². The number of amides is 9. The van der Waals surface area contributed by atoms with Crippen molar-refractivity contribution in [2.24, 2.45) is 35.1 Å². The van der Waals surface area contributed by atoms with Gasteiger partial charge in [0, 0.05) is 91.9 Å². The number of nitrogens with one attached hydrogen (secondary N) is 7. The number of carbonyl (C=O) groups is 15. The number of Topliss-reactive ketones (excluding diaryl/α,β-unsaturated/α-hetero) is 5. The molecule has 0 aromatic heterocycles. The number of nitrogens with two attached hydrogens (primary N) is 2. The number of phenolic OH excluding ortho intramolecular Hbond substituents is 2. The molecule has 2 aromatic rings. The van der Waals surface area contributed by atoms with Crippen molar-refractivity contribution in [3.05, 3.63) is 59.7 Å². The molecule has 9 unspecified atom stereocenters. The number of aromatic hydroxyl groups is 2. The van der Waals surface area contributed by atoms with E-state index in [-0.39, 0.29) is 78.4 Å². The van der Waals surface area contributed by atoms with Crippen molar-refractivity contribution >= 4 is 153 Å². The van der Waals surface area contributed by atoms with Crippen LogP contribution in [0.2, 0.25) is 0 Å². The van der Waals surface area contributed by atoms with Gasteiger partial charge in [-0.3, -0.25) is 71.9 Å². The Kier molecular flexibility index (Phi) is 32.7. The van der Waals surface area contributed by atoms with Crippen molar-refractivity contribution < 1.29 is 92.3 Å². The van der Waals surface area contributed by atoms with Gasteiger partial charge in [0.25, 0.3) is 0 Å². The fourth-order valence-corrected chi connectivity index (χ4v) is 18.5. The zero-order chi connectivity index (χ0) is 72.6. The molecule has 2 aromatic carbocycles. The molecule has 4 saturated heterocycles. The molecule has 6 rings (SSSR count). The zero-order valence-electron chi connectivity index (χ0n) is 54.8. The van der Waals surface area contributed by atoms with E-state index in [1.807, 2.05) is 0 Å². The molecule has 4 aliphatic rings. The highest BCUT2D eigenvalue weighted by Gasteiger charge is 2.42. The first-order chi connectivity index (χ1) is 47.0. The summed E-state index contributed by atoms with van der Waals surface area (Å²) in [6, 6.07) is -1.79. The van der Waals surface area contributed by atoms with Crippen LogP contribution < -0.4 is 48.7 Å². The summed E-state index contributed by atoms with van der Waals surface area (Å²) in [6.45, 7) is 4.25. The molecular formula is C64H86N10O19S6. The molecular weight excluding hydrogens is 1410 g/mol. The Morgan fingerprint density at radius 3 is 1.75 bits per heavy atom. The maximum Gasteiger partial charge on any atom is 0.303 e. The van der Waals surface area contributed by atoms with Gasteiger partial charge < -0.3 is 74.0 Å². The smallest absolute Gasteiger partial charge is 0.303 e. The van der Waals surface area contributed by atoms with Crippen LogP contribution in [0.5, 0.6) is 11.5 Å². The Hall–Kier alpha value is -6.89. The number of phenols is 2. The van der Waals surface area contributed by atoms with Gasteiger partial charge in [0.2, 0.25) is 53.2 Å². The van der Waals surface area contributed by atoms with E-state index in [4.69, 9.17) is 11.5 Å². The minimum atomic E-state index is -1.78. The summed E-state index contributed by atoms with van der Waals surface area (Å²) < 4.78 is 0. The van der Waals surface area contributed by atoms with E-state index >= 15 is 9.59 Å². The van der Waals surface area contributed by atoms with Crippen LogP contribution in [0.3, 0.4) is 0 Å². The highest BCUT2D eigenvalue weighted by molar-refractivity contribution is 8.77. The first-order valence-corrected chi connectivity index (χ1v) is 39.7. The number of rotatable bonds is 13. The fourth-order valence-electron chi connectivity index (χ4n) is 11.2. The highest BCUT2D eigenvalue weighted by atomic mass is 33.1. The Morgan fingerprint density at radius 1 is 0.596 bits per heavy atom. The molecule has 0 aliphatic carbocycles. The molecule has 9 amide bonds. The quantitative estimate of drug-likeness (QED) is 0.122. The van der Waals surface area contributed by atoms with Crippen LogP contribution in [0.25, 0.3) is 0 Å². The number of aliphatic hydroxyl groups is 1. The van der Waals surface area contributed by atoms with Crippen molar-refractivity contribution in [3.8, 4) is 11.5 Å². The summed E-state index contributed by atoms with van der Waals surface area (Å²) in [4.78, 5) is 215. The third kappa shape index (κ3) is 26.2. The van der Waals surface area contributed by atoms with Crippen molar-refractivity contribution in [1.82, 2.24) is 42.1 Å². The number of aliphatic hydroxyl groups excluding tert-OH is 1. The van der Waals surface area contributed by atoms with E-state index in [0.717, 1.165) is 75.2 Å². The maximum atomic E-state index is 15.2. The van der Waals surface area contributed by atoms with Gasteiger partial charge in [-0.2, -0.15) is 0 Å². The molecule has 4 heterocycles. The lowest BCUT2D eigenvalue weighted by Crippen LogP contribution is -2.60. The summed E-state index contributed by atoms with van der Waals surface area (Å²) in [5.41, 5.74) is 13.3. The van der Waals surface area contributed by atoms with E-state index in [1.54, 1.807) is 19.1 Å². The predicted octanol–water partition coefficient (Wildman–Crippen LogP) is 0.592. The van der Waals surface area contributed by atoms with Gasteiger partial charge in [0.05, 0.1) is 48.5 Å². The lowest BCUT2D eigenvalue weighted by Gasteiger charge is -2.30. The van der Waals surface area contributed by atoms with Crippen LogP contribution >= 0.6 is 64.8 Å². The number of carboxylic acid groups (broad SMARTS) is 1. The summed E-state index contributed by atoms with van der Waals surface area (Å²) in [6.07, 6.45) is -6.42. The molecule has 0 saturated carbocycles. The number of nitrogens with zero attached hydrogens (tertiary/aromatic N) is 1. The van der Waals surface area contributed by atoms with E-state index in [9.17, 15) is 82.8 Å². The minimum Gasteiger partial charge on any atom is -0.508 e. The monoisotopic (exact) mass is 1490 g/mol. The first kappa shape index (κ1) is 81.1. The predicted molar refractivity (Wildman–Crippen MR) is 375 cm³/mol. The molecule has 542 valence electrons. The van der Waals surface area contributed by atoms with E-state index in [1.165, 1.54) is 50.2 Å². The Bertz CT molecular complexity index is 3280. The van der Waals surface area contributed by atoms with Gasteiger partial charge in [-0.25, -0.2) is 0 Å². The number of hydrogen-bond acceptors (Lipinski definition) is 25. The van der Waals surface area contributed by atoms with Crippen molar-refractivity contribution in [2.45, 2.75) is 165 Å². The third-order valence-electron chi connectivity index (χ3n) is 16.9. The molecule has 15 N–H and O–H groups in total. The number of carbonyl (C=O) groups excluding carboxylic acids is 14. The molecule has 4 bridgehead atoms. The lowest BCUT2D eigenvalue weighted by molar-refractivity contribution is -0.143. The first-order valence-electron chi connectivity index (χ1n) is 32.2. The highest BCUT2D eigenvalue weighted by Crippen LogP contribution is 2.32. The van der Waals surface area contributed by atoms with E-state index in [0.29, 0.717) is 12.0 Å². The maximum absolute atomic E-state index is 15.2. The van der Waals surface area contributed by atoms with Gasteiger partial charge in [0.15, 0.2) is 28.9 Å². The normalized spacial score (nSPS) is 28.1. The SMILES string of the molecule is CC1NC(=O)C2CCCN2C(=O)[C@H](CC(N)=O)NC(=O)C2CSSCC(N)C(=O)C[C@H]3CSSCC(CC1=O)C(=O)NC([C@H](C)O)C(=O)CCC(=O)NC(C(=O)C[C@H](C)Cc1ccc(O)cc1)CSSCC(NC(=O)[C@H](Cc1ccc(O)cc1)CC(=O)C(CCC(=O)O)NC3=O)C(=O)N2. The Balaban J connectivity index is 1.54. The topological polar surface area (TPSA) is 476 Å². The number of benzene rings is 2. The van der Waals surface area contributed by atoms with Crippen LogP contribution in [-0.4, -0.2) is 215 Å². The minimum absolute atomic E-state index is 0.0263. The molecule has 4 fully saturated rings. The molecule has 0 spiro atoms. The number of fused-ring (bicyclic) bond motifs is 20. The third-order valence-corrected chi connectivity index (χ3v) is 24.3. The fraction of sp³-hybridized carbons (Fsp3) is 0.578. The van der Waals surface area contributed by atoms with Gasteiger partial charge in [-0.1, -0.05) is 96.0 Å². The van der Waals surface area contributed by atoms with Gasteiger partial charge in [-0.15, -0.1) is 0 Å². The number of ketones is 5. The summed E-state index contributed by atoms with van der Waals surface area (Å²) >= 11 is 0. The second-order valence-corrected chi connectivity index (χ2v) is 32.7. The second kappa shape index (κ2) is 39.9. The summed E-state index contributed by atoms with van der Waals surface area (Å²) in [5, 5.41) is 59.4. The van der Waals surface area contributed by atoms with E-state index < -0.39 is 223 Å². The molecule has 4 aliphatic heterocycles. The Labute approximate surface area is 595 Å². The zero-order valence-corrected chi connectivity index (χ0v) is 59.7. The van der Waals surface area contributed by atoms with Crippen molar-refractivity contribution in [1.29, 1.82) is 0 Å². The number of aliphatic carboxylic acids is 1. The van der Waals surface area contributed by atoms with Crippen LogP contribution in [0, 0.1) is 23.7 Å². The molecule has 99 heavy (non-hydrogen) atoms. The largest absolute Gasteiger partial charge is 0.508 e. The van der Waals surface area contributed by atoms with Crippen LogP contribution in [-0.2, 0) is 84.8 Å². The molecule has 0 radical (unpaired) electrons. The van der Waals surface area contributed by atoms with Crippen LogP contribution in [0.15, 0.2) is 48.5 Å². The lowest BCUT2D eigenvalue weighted by atomic mass is 9.89. The van der Waals surface area contributed by atoms with Crippen LogP contribution in [0.4, 0.5) is 0 Å². The average molecular weight is 1490 g/mol. The molecule has 14 atom stereocenters. The standard InChI is InChI=1S/C64H86N10O19S6/c1-32(19-35-6-10-40(76)11-7-35)20-52(81)45-29-97-99-30-46-62(91)72-47-31-98-96-28-42(65)51(80)24-39(59(88)69-43(14-17-56(85)86)53(82)22-37(58(87)71-46)21-36-8-12-41(77)13-9-36)27-95-94-26-38(60(89)73-57(34(3)75)49(78)15-16-55(84)68-45)23-50(79)33(2)67-63(92)48-5-4-18-74(48)64(93)44(25-54(66)83)70-61(47)90/h6-13,32-34,37-39,42-48,57,75-77H,4-5,14-31,65H2,1-3H3,(H2,66,83)(H,67,92)(H,68,84)(H,69,88)(H,70,90)(H,71,87)(H,72,91)(H,73,89)(H,85,86)/t32-,33?,34+,37-,38?,39+,42?,43?,44+,45?,46?,47?,48?,57?/m1/s1. The average Bonchev–Trinajstić information content (AvgIpc) is 1.76. The van der Waals surface area contributed by atoms with Crippen molar-refractivity contribution in [3.63, 3.8) is 0 Å². The number of carboxylic acids is 1. The van der Waals surface area contributed by atoms with Crippen LogP contribution in [0.1, 0.15) is 103 Å². The van der Waals surface area contributed by atoms with Gasteiger partial charge in [0.1, 0.15) is 41.7 Å². The van der Waals surface area contributed by atoms with Crippen molar-refractivity contribution in [2.75, 3.05) is 41.1 Å². The summed E-state index contributed by atoms with van der Waals surface area (Å²) in [5.74, 6) is -19.9.